The lowest BCUT2D eigenvalue weighted by molar-refractivity contribution is 0.206. The van der Waals surface area contributed by atoms with Crippen molar-refractivity contribution < 1.29 is 0 Å². The van der Waals surface area contributed by atoms with Crippen LogP contribution in [0.3, 0.4) is 0 Å². The third-order valence-corrected chi connectivity index (χ3v) is 4.77. The fraction of sp³-hybridized carbons (Fsp3) is 1.00. The minimum atomic E-state index is 0.602. The zero-order valence-electron chi connectivity index (χ0n) is 10.8. The van der Waals surface area contributed by atoms with Crippen molar-refractivity contribution in [3.8, 4) is 0 Å². The van der Waals surface area contributed by atoms with E-state index in [1.165, 1.54) is 38.6 Å². The summed E-state index contributed by atoms with van der Waals surface area (Å²) >= 11 is 1.97. The molecule has 0 aromatic rings. The third-order valence-electron chi connectivity index (χ3n) is 3.73. The van der Waals surface area contributed by atoms with E-state index in [9.17, 15) is 0 Å². The van der Waals surface area contributed by atoms with Gasteiger partial charge < -0.3 is 5.32 Å². The highest BCUT2D eigenvalue weighted by molar-refractivity contribution is 7.99. The van der Waals surface area contributed by atoms with Crippen molar-refractivity contribution in [1.82, 2.24) is 5.32 Å². The van der Waals surface area contributed by atoms with Gasteiger partial charge in [0.2, 0.25) is 0 Å². The third kappa shape index (κ3) is 5.26. The first-order chi connectivity index (χ1) is 7.03. The first-order valence-electron chi connectivity index (χ1n) is 6.30. The topological polar surface area (TPSA) is 12.0 Å². The molecule has 15 heavy (non-hydrogen) atoms. The predicted octanol–water partition coefficient (Wildman–Crippen LogP) is 3.69. The summed E-state index contributed by atoms with van der Waals surface area (Å²) in [7, 11) is 0. The minimum absolute atomic E-state index is 0.602. The van der Waals surface area contributed by atoms with Crippen LogP contribution >= 0.6 is 11.8 Å². The number of nitrogens with one attached hydrogen (secondary N) is 1. The van der Waals surface area contributed by atoms with Crippen molar-refractivity contribution in [2.45, 2.75) is 64.2 Å². The first-order valence-corrected chi connectivity index (χ1v) is 7.58. The van der Waals surface area contributed by atoms with Gasteiger partial charge in [-0.1, -0.05) is 20.8 Å². The molecule has 0 saturated heterocycles. The molecule has 0 heterocycles. The Hall–Kier alpha value is 0.310. The van der Waals surface area contributed by atoms with Crippen LogP contribution in [0.5, 0.6) is 0 Å². The highest BCUT2D eigenvalue weighted by Gasteiger charge is 2.26. The molecule has 0 aromatic carbocycles. The fourth-order valence-electron chi connectivity index (χ4n) is 2.21. The summed E-state index contributed by atoms with van der Waals surface area (Å²) in [4.78, 5) is 0. The zero-order chi connectivity index (χ0) is 11.3. The van der Waals surface area contributed by atoms with Crippen molar-refractivity contribution in [3.63, 3.8) is 0 Å². The normalized spacial score (nSPS) is 24.0. The SMILES string of the molecule is CSC(C)CCNC1CCC(C)(C)CC1. The van der Waals surface area contributed by atoms with Gasteiger partial charge in [-0.2, -0.15) is 11.8 Å². The molecule has 1 fully saturated rings. The van der Waals surface area contributed by atoms with E-state index >= 15 is 0 Å². The standard InChI is InChI=1S/C13H27NS/c1-11(15-4)7-10-14-12-5-8-13(2,3)9-6-12/h11-12,14H,5-10H2,1-4H3. The van der Waals surface area contributed by atoms with Crippen LogP contribution in [0, 0.1) is 5.41 Å². The van der Waals surface area contributed by atoms with Crippen molar-refractivity contribution in [2.75, 3.05) is 12.8 Å². The highest BCUT2D eigenvalue weighted by Crippen LogP contribution is 2.34. The van der Waals surface area contributed by atoms with E-state index in [0.717, 1.165) is 11.3 Å². The largest absolute Gasteiger partial charge is 0.314 e. The predicted molar refractivity (Wildman–Crippen MR) is 71.6 cm³/mol. The average molecular weight is 229 g/mol. The lowest BCUT2D eigenvalue weighted by Gasteiger charge is -2.34. The van der Waals surface area contributed by atoms with E-state index in [4.69, 9.17) is 0 Å². The molecule has 1 atom stereocenters. The molecule has 90 valence electrons. The van der Waals surface area contributed by atoms with Crippen LogP contribution in [-0.4, -0.2) is 24.1 Å². The molecule has 0 spiro atoms. The van der Waals surface area contributed by atoms with Gasteiger partial charge in [-0.25, -0.2) is 0 Å². The second-order valence-corrected chi connectivity index (χ2v) is 7.00. The van der Waals surface area contributed by atoms with Gasteiger partial charge in [0.15, 0.2) is 0 Å². The van der Waals surface area contributed by atoms with Crippen molar-refractivity contribution in [2.24, 2.45) is 5.41 Å². The zero-order valence-corrected chi connectivity index (χ0v) is 11.6. The van der Waals surface area contributed by atoms with Crippen molar-refractivity contribution >= 4 is 11.8 Å². The summed E-state index contributed by atoms with van der Waals surface area (Å²) in [5, 5.41) is 4.51. The number of hydrogen-bond donors (Lipinski definition) is 1. The summed E-state index contributed by atoms with van der Waals surface area (Å²) in [6.07, 6.45) is 9.04. The van der Waals surface area contributed by atoms with Gasteiger partial charge in [0.05, 0.1) is 0 Å². The van der Waals surface area contributed by atoms with Crippen LogP contribution in [0.4, 0.5) is 0 Å². The van der Waals surface area contributed by atoms with Crippen LogP contribution in [0.25, 0.3) is 0 Å². The molecule has 0 amide bonds. The Balaban J connectivity index is 2.09. The Labute approximate surface area is 99.8 Å². The Kier molecular flexibility index (Phi) is 5.48. The van der Waals surface area contributed by atoms with Crippen LogP contribution < -0.4 is 5.32 Å². The van der Waals surface area contributed by atoms with Gasteiger partial charge in [0.25, 0.3) is 0 Å². The number of rotatable bonds is 5. The van der Waals surface area contributed by atoms with Crippen LogP contribution in [0.15, 0.2) is 0 Å². The van der Waals surface area contributed by atoms with E-state index < -0.39 is 0 Å². The summed E-state index contributed by atoms with van der Waals surface area (Å²) in [5.74, 6) is 0. The van der Waals surface area contributed by atoms with Crippen LogP contribution in [0.1, 0.15) is 52.9 Å². The van der Waals surface area contributed by atoms with Crippen molar-refractivity contribution in [3.05, 3.63) is 0 Å². The van der Waals surface area contributed by atoms with Crippen molar-refractivity contribution in [1.29, 1.82) is 0 Å². The molecule has 0 radical (unpaired) electrons. The number of thioether (sulfide) groups is 1. The molecule has 1 aliphatic rings. The second-order valence-electron chi connectivity index (χ2n) is 5.73. The average Bonchev–Trinajstić information content (AvgIpc) is 2.20. The second kappa shape index (κ2) is 6.15. The highest BCUT2D eigenvalue weighted by atomic mass is 32.2. The van der Waals surface area contributed by atoms with E-state index in [1.807, 2.05) is 11.8 Å². The molecule has 1 nitrogen and oxygen atoms in total. The summed E-state index contributed by atoms with van der Waals surface area (Å²) < 4.78 is 0. The summed E-state index contributed by atoms with van der Waals surface area (Å²) in [5.41, 5.74) is 0.602. The lowest BCUT2D eigenvalue weighted by atomic mass is 9.75. The number of hydrogen-bond acceptors (Lipinski definition) is 2. The molecule has 1 aliphatic carbocycles. The van der Waals surface area contributed by atoms with Gasteiger partial charge in [0.1, 0.15) is 0 Å². The minimum Gasteiger partial charge on any atom is -0.314 e. The van der Waals surface area contributed by atoms with Crippen LogP contribution in [0.2, 0.25) is 0 Å². The fourth-order valence-corrected chi connectivity index (χ4v) is 2.57. The molecule has 2 heteroatoms. The molecule has 1 unspecified atom stereocenters. The molecular formula is C13H27NS. The van der Waals surface area contributed by atoms with Crippen LogP contribution in [-0.2, 0) is 0 Å². The van der Waals surface area contributed by atoms with E-state index in [1.54, 1.807) is 0 Å². The lowest BCUT2D eigenvalue weighted by Crippen LogP contribution is -2.36. The molecule has 0 aromatic heterocycles. The molecule has 1 N–H and O–H groups in total. The Bertz CT molecular complexity index is 169. The Morgan fingerprint density at radius 1 is 1.33 bits per heavy atom. The monoisotopic (exact) mass is 229 g/mol. The molecule has 1 rings (SSSR count). The smallest absolute Gasteiger partial charge is 0.00674 e. The summed E-state index contributed by atoms with van der Waals surface area (Å²) in [6.45, 7) is 8.32. The molecule has 0 bridgehead atoms. The maximum Gasteiger partial charge on any atom is 0.00674 e. The van der Waals surface area contributed by atoms with E-state index in [2.05, 4.69) is 32.3 Å². The maximum atomic E-state index is 3.71. The molecule has 1 saturated carbocycles. The van der Waals surface area contributed by atoms with Gasteiger partial charge in [-0.3, -0.25) is 0 Å². The molecule has 0 aliphatic heterocycles. The molecular weight excluding hydrogens is 202 g/mol. The van der Waals surface area contributed by atoms with Gasteiger partial charge in [-0.15, -0.1) is 0 Å². The Morgan fingerprint density at radius 3 is 2.47 bits per heavy atom. The van der Waals surface area contributed by atoms with Gasteiger partial charge in [-0.05, 0) is 50.3 Å². The summed E-state index contributed by atoms with van der Waals surface area (Å²) in [6, 6.07) is 0.798. The quantitative estimate of drug-likeness (QED) is 0.772. The maximum absolute atomic E-state index is 3.71. The van der Waals surface area contributed by atoms with Gasteiger partial charge >= 0.3 is 0 Å². The van der Waals surface area contributed by atoms with Gasteiger partial charge in [0, 0.05) is 11.3 Å². The van der Waals surface area contributed by atoms with E-state index in [0.29, 0.717) is 5.41 Å². The first kappa shape index (κ1) is 13.4. The van der Waals surface area contributed by atoms with E-state index in [-0.39, 0.29) is 0 Å². The Morgan fingerprint density at radius 2 is 1.93 bits per heavy atom.